The number of quaternary nitrogens is 2. The van der Waals surface area contributed by atoms with Gasteiger partial charge in [-0.2, -0.15) is 0 Å². The molecule has 4 N–H and O–H groups in total. The van der Waals surface area contributed by atoms with Gasteiger partial charge in [0.2, 0.25) is 0 Å². The van der Waals surface area contributed by atoms with Crippen LogP contribution in [0.3, 0.4) is 0 Å². The Morgan fingerprint density at radius 1 is 0.477 bits per heavy atom. The molecule has 0 heterocycles. The van der Waals surface area contributed by atoms with Crippen LogP contribution in [0.5, 0.6) is 0 Å². The summed E-state index contributed by atoms with van der Waals surface area (Å²) in [6, 6.07) is 0. The van der Waals surface area contributed by atoms with Gasteiger partial charge >= 0.3 is 0 Å². The summed E-state index contributed by atoms with van der Waals surface area (Å²) in [5, 5.41) is 25.4. The third-order valence-corrected chi connectivity index (χ3v) is 8.68. The first kappa shape index (κ1) is 48.1. The van der Waals surface area contributed by atoms with E-state index in [4.69, 9.17) is 0 Å². The van der Waals surface area contributed by atoms with Gasteiger partial charge < -0.3 is 63.8 Å². The Kier molecular flexibility index (Phi) is 35.7. The van der Waals surface area contributed by atoms with Gasteiger partial charge in [-0.1, -0.05) is 90.9 Å². The van der Waals surface area contributed by atoms with Crippen LogP contribution in [0.4, 0.5) is 0 Å². The first-order valence-electron chi connectivity index (χ1n) is 17.7. The third-order valence-electron chi connectivity index (χ3n) is 8.68. The van der Waals surface area contributed by atoms with Crippen LogP contribution in [0.1, 0.15) is 129 Å². The maximum atomic E-state index is 12.5. The highest BCUT2D eigenvalue weighted by Gasteiger charge is 2.25. The second-order valence-electron chi connectivity index (χ2n) is 13.3. The maximum Gasteiger partial charge on any atom is 0.275 e. The van der Waals surface area contributed by atoms with E-state index in [-0.39, 0.29) is 59.0 Å². The zero-order valence-corrected chi connectivity index (χ0v) is 32.3. The average molecular weight is 761 g/mol. The monoisotopic (exact) mass is 758 g/mol. The molecule has 0 saturated carbocycles. The first-order chi connectivity index (χ1) is 20.2. The van der Waals surface area contributed by atoms with E-state index in [1.165, 1.54) is 64.2 Å². The van der Waals surface area contributed by atoms with E-state index >= 15 is 0 Å². The molecule has 2 amide bonds. The number of halogens is 2. The number of hydrogen-bond acceptors (Lipinski definition) is 4. The van der Waals surface area contributed by atoms with Gasteiger partial charge in [0.15, 0.2) is 13.1 Å². The molecule has 0 bridgehead atoms. The number of nitrogens with zero attached hydrogens (tertiary/aromatic N) is 2. The van der Waals surface area contributed by atoms with E-state index in [1.54, 1.807) is 0 Å². The summed E-state index contributed by atoms with van der Waals surface area (Å²) in [4.78, 5) is 25.1. The predicted molar refractivity (Wildman–Crippen MR) is 176 cm³/mol. The number of carbonyl (C=O) groups is 2. The predicted octanol–water partition coefficient (Wildman–Crippen LogP) is -0.834. The molecule has 0 fully saturated rings. The van der Waals surface area contributed by atoms with Gasteiger partial charge in [0.1, 0.15) is 13.1 Å². The van der Waals surface area contributed by atoms with Crippen molar-refractivity contribution in [2.24, 2.45) is 0 Å². The molecular weight excluding hydrogens is 688 g/mol. The highest BCUT2D eigenvalue weighted by molar-refractivity contribution is 5.77. The lowest BCUT2D eigenvalue weighted by molar-refractivity contribution is -0.902. The van der Waals surface area contributed by atoms with Crippen LogP contribution in [0.15, 0.2) is 0 Å². The zero-order valence-electron chi connectivity index (χ0n) is 29.2. The second kappa shape index (κ2) is 32.7. The molecule has 0 aliphatic carbocycles. The van der Waals surface area contributed by atoms with Gasteiger partial charge in [0, 0.05) is 13.1 Å². The fourth-order valence-electron chi connectivity index (χ4n) is 5.79. The molecule has 0 aliphatic rings. The summed E-state index contributed by atoms with van der Waals surface area (Å²) in [5.74, 6) is 0.194. The van der Waals surface area contributed by atoms with E-state index in [1.807, 2.05) is 0 Å². The van der Waals surface area contributed by atoms with Gasteiger partial charge in [-0.25, -0.2) is 0 Å². The van der Waals surface area contributed by atoms with E-state index in [0.717, 1.165) is 77.5 Å². The smallest absolute Gasteiger partial charge is 0.275 e. The van der Waals surface area contributed by atoms with Crippen molar-refractivity contribution in [3.05, 3.63) is 0 Å². The Labute approximate surface area is 293 Å². The van der Waals surface area contributed by atoms with Crippen molar-refractivity contribution in [2.45, 2.75) is 129 Å². The van der Waals surface area contributed by atoms with Gasteiger partial charge in [0.05, 0.1) is 40.4 Å². The minimum absolute atomic E-state index is 0. The Morgan fingerprint density at radius 2 is 0.773 bits per heavy atom. The number of aliphatic hydroxyl groups is 2. The van der Waals surface area contributed by atoms with Crippen LogP contribution in [0.25, 0.3) is 0 Å². The zero-order chi connectivity index (χ0) is 31.4. The third kappa shape index (κ3) is 29.2. The molecule has 0 aromatic heterocycles. The van der Waals surface area contributed by atoms with Crippen molar-refractivity contribution >= 4 is 11.8 Å². The fraction of sp³-hybridized carbons (Fsp3) is 0.941. The number of unbranched alkanes of at least 4 members (excludes halogenated alkanes) is 15. The lowest BCUT2D eigenvalue weighted by atomic mass is 10.1. The number of likely N-dealkylation sites (N-methyl/N-ethyl adjacent to an activating group) is 2. The van der Waals surface area contributed by atoms with Gasteiger partial charge in [0.25, 0.3) is 11.8 Å². The molecule has 0 aliphatic heterocycles. The number of carbonyl (C=O) groups excluding carboxylic acids is 2. The van der Waals surface area contributed by atoms with E-state index in [0.29, 0.717) is 35.1 Å². The lowest BCUT2D eigenvalue weighted by Crippen LogP contribution is -3.00. The normalized spacial score (nSPS) is 13.7. The molecule has 0 radical (unpaired) electrons. The number of rotatable bonds is 31. The Bertz CT molecular complexity index is 609. The molecule has 2 atom stereocenters. The van der Waals surface area contributed by atoms with Crippen molar-refractivity contribution in [1.82, 2.24) is 10.6 Å². The molecule has 266 valence electrons. The summed E-state index contributed by atoms with van der Waals surface area (Å²) >= 11 is 0. The minimum atomic E-state index is 0. The molecule has 0 aromatic carbocycles. The van der Waals surface area contributed by atoms with Gasteiger partial charge in [-0.15, -0.1) is 0 Å². The Hall–Kier alpha value is -0.260. The van der Waals surface area contributed by atoms with Crippen molar-refractivity contribution < 1.29 is 62.7 Å². The van der Waals surface area contributed by atoms with Crippen molar-refractivity contribution in [3.63, 3.8) is 0 Å². The quantitative estimate of drug-likeness (QED) is 0.0549. The standard InChI is InChI=1S/C34H70N4O4.2BrH/c1-5-7-9-11-15-19-23-35-33(41)31-37(3,27-29-39)25-21-17-13-14-18-22-26-38(4,28-30-40)32-34(42)36-24-20-16-12-10-8-6-2;;/h39-40H,5-32H2,1-4H3;2*1H. The molecule has 0 saturated heterocycles. The molecule has 0 aromatic rings. The summed E-state index contributed by atoms with van der Waals surface area (Å²) in [5.41, 5.74) is 0. The fourth-order valence-corrected chi connectivity index (χ4v) is 5.79. The number of nitrogens with one attached hydrogen (secondary N) is 2. The average Bonchev–Trinajstić information content (AvgIpc) is 2.93. The van der Waals surface area contributed by atoms with Crippen molar-refractivity contribution in [1.29, 1.82) is 0 Å². The highest BCUT2D eigenvalue weighted by atomic mass is 79.9. The Morgan fingerprint density at radius 3 is 1.09 bits per heavy atom. The first-order valence-corrected chi connectivity index (χ1v) is 17.7. The van der Waals surface area contributed by atoms with Crippen LogP contribution in [0, 0.1) is 0 Å². The van der Waals surface area contributed by atoms with E-state index < -0.39 is 0 Å². The van der Waals surface area contributed by atoms with Gasteiger partial charge in [-0.05, 0) is 38.5 Å². The number of amides is 2. The van der Waals surface area contributed by atoms with Crippen molar-refractivity contribution in [3.8, 4) is 0 Å². The van der Waals surface area contributed by atoms with Crippen LogP contribution in [-0.2, 0) is 9.59 Å². The van der Waals surface area contributed by atoms with Crippen LogP contribution in [0.2, 0.25) is 0 Å². The minimum Gasteiger partial charge on any atom is -1.00 e. The molecule has 2 unspecified atom stereocenters. The molecule has 0 spiro atoms. The molecular formula is C34H72Br2N4O4. The van der Waals surface area contributed by atoms with Crippen LogP contribution >= 0.6 is 0 Å². The second-order valence-corrected chi connectivity index (χ2v) is 13.3. The lowest BCUT2D eigenvalue weighted by Gasteiger charge is -2.33. The number of hydrogen-bond donors (Lipinski definition) is 4. The topological polar surface area (TPSA) is 98.7 Å². The molecule has 44 heavy (non-hydrogen) atoms. The number of aliphatic hydroxyl groups excluding tert-OH is 2. The largest absolute Gasteiger partial charge is 1.00 e. The molecule has 0 rings (SSSR count). The highest BCUT2D eigenvalue weighted by Crippen LogP contribution is 2.13. The summed E-state index contributed by atoms with van der Waals surface area (Å²) in [6.45, 7) is 10.1. The Balaban J connectivity index is -0.00000840. The van der Waals surface area contributed by atoms with Crippen LogP contribution in [-0.4, -0.2) is 111 Å². The van der Waals surface area contributed by atoms with Gasteiger partial charge in [-0.3, -0.25) is 9.59 Å². The SMILES string of the molecule is CCCCCCCCNC(=O)C[N+](C)(CCO)CCCCCCCC[N+](C)(CCO)CC(=O)NCCCCCCCC.[Br-].[Br-]. The molecule has 8 nitrogen and oxygen atoms in total. The van der Waals surface area contributed by atoms with Crippen molar-refractivity contribution in [2.75, 3.05) is 79.7 Å². The maximum absolute atomic E-state index is 12.5. The summed E-state index contributed by atoms with van der Waals surface area (Å²) in [7, 11) is 4.18. The summed E-state index contributed by atoms with van der Waals surface area (Å²) < 4.78 is 1.19. The summed E-state index contributed by atoms with van der Waals surface area (Å²) in [6.07, 6.45) is 21.3. The van der Waals surface area contributed by atoms with Crippen LogP contribution < -0.4 is 44.6 Å². The molecule has 10 heteroatoms. The van der Waals surface area contributed by atoms with E-state index in [2.05, 4.69) is 38.6 Å². The van der Waals surface area contributed by atoms with E-state index in [9.17, 15) is 19.8 Å².